The Morgan fingerprint density at radius 3 is 2.55 bits per heavy atom. The van der Waals surface area contributed by atoms with Gasteiger partial charge in [0.05, 0.1) is 42.9 Å². The molecule has 0 saturated carbocycles. The van der Waals surface area contributed by atoms with Crippen molar-refractivity contribution in [1.82, 2.24) is 19.4 Å². The molecule has 2 aliphatic rings. The third-order valence-corrected chi connectivity index (χ3v) is 7.36. The maximum Gasteiger partial charge on any atom is 0.416 e. The fourth-order valence-electron chi connectivity index (χ4n) is 5.33. The molecule has 0 radical (unpaired) electrons. The average Bonchev–Trinajstić information content (AvgIpc) is 3.31. The number of fused-ring (bicyclic) bond motifs is 1. The van der Waals surface area contributed by atoms with E-state index in [2.05, 4.69) is 14.9 Å². The first-order valence-electron chi connectivity index (χ1n) is 13.4. The van der Waals surface area contributed by atoms with Crippen molar-refractivity contribution >= 4 is 22.9 Å². The first-order valence-corrected chi connectivity index (χ1v) is 13.4. The first-order chi connectivity index (χ1) is 18.9. The zero-order valence-electron chi connectivity index (χ0n) is 22.8. The van der Waals surface area contributed by atoms with Crippen LogP contribution < -0.4 is 4.90 Å². The van der Waals surface area contributed by atoms with Crippen molar-refractivity contribution in [3.05, 3.63) is 54.0 Å². The summed E-state index contributed by atoms with van der Waals surface area (Å²) in [7, 11) is 0. The van der Waals surface area contributed by atoms with Crippen LogP contribution in [0.4, 0.5) is 23.8 Å². The van der Waals surface area contributed by atoms with Crippen LogP contribution in [-0.4, -0.2) is 75.2 Å². The fraction of sp³-hybridized carbons (Fsp3) is 0.536. The molecule has 12 heteroatoms. The molecule has 0 aliphatic carbocycles. The van der Waals surface area contributed by atoms with Crippen molar-refractivity contribution in [2.75, 3.05) is 37.7 Å². The van der Waals surface area contributed by atoms with E-state index in [1.54, 1.807) is 4.90 Å². The van der Waals surface area contributed by atoms with Gasteiger partial charge in [0, 0.05) is 31.7 Å². The molecule has 2 aromatic heterocycles. The molecule has 3 aromatic rings. The van der Waals surface area contributed by atoms with Crippen molar-refractivity contribution < 1.29 is 32.5 Å². The van der Waals surface area contributed by atoms with E-state index < -0.39 is 29.5 Å². The summed E-state index contributed by atoms with van der Waals surface area (Å²) < 4.78 is 52.4. The van der Waals surface area contributed by atoms with Crippen LogP contribution in [0.1, 0.15) is 44.4 Å². The Morgan fingerprint density at radius 2 is 1.88 bits per heavy atom. The largest absolute Gasteiger partial charge is 0.444 e. The molecule has 216 valence electrons. The van der Waals surface area contributed by atoms with Gasteiger partial charge in [-0.25, -0.2) is 14.8 Å². The molecule has 1 N–H and O–H groups in total. The predicted molar refractivity (Wildman–Crippen MR) is 142 cm³/mol. The quantitative estimate of drug-likeness (QED) is 0.496. The van der Waals surface area contributed by atoms with Crippen LogP contribution in [0.2, 0.25) is 0 Å². The van der Waals surface area contributed by atoms with Crippen molar-refractivity contribution in [1.29, 1.82) is 0 Å². The molecular weight excluding hydrogens is 527 g/mol. The van der Waals surface area contributed by atoms with Crippen LogP contribution in [0.15, 0.2) is 42.9 Å². The molecule has 40 heavy (non-hydrogen) atoms. The molecule has 0 spiro atoms. The van der Waals surface area contributed by atoms with Gasteiger partial charge in [-0.15, -0.1) is 0 Å². The summed E-state index contributed by atoms with van der Waals surface area (Å²) in [5.41, 5.74) is 0.107. The van der Waals surface area contributed by atoms with Crippen LogP contribution >= 0.6 is 0 Å². The Kier molecular flexibility index (Phi) is 7.66. The monoisotopic (exact) mass is 561 g/mol. The maximum atomic E-state index is 13.1. The van der Waals surface area contributed by atoms with E-state index in [1.165, 1.54) is 18.5 Å². The Hall–Kier alpha value is -3.38. The number of hydrogen-bond donors (Lipinski definition) is 1. The highest BCUT2D eigenvalue weighted by molar-refractivity contribution is 5.88. The molecule has 0 bridgehead atoms. The zero-order valence-corrected chi connectivity index (χ0v) is 22.8. The summed E-state index contributed by atoms with van der Waals surface area (Å²) in [6, 6.07) is 6.78. The number of alkyl halides is 3. The number of morpholine rings is 1. The third-order valence-electron chi connectivity index (χ3n) is 7.36. The third kappa shape index (κ3) is 6.02. The number of benzene rings is 1. The minimum atomic E-state index is -4.40. The lowest BCUT2D eigenvalue weighted by Gasteiger charge is -2.37. The van der Waals surface area contributed by atoms with Gasteiger partial charge in [-0.3, -0.25) is 0 Å². The SMILES string of the molecule is CC(C)(C)OC(=O)N1CC[C@H](Cn2ccc3c(N4CCOC[C@@H]4c4ccc(C(F)(F)F)cc4)ncnc32)[C@@H](O)C1. The van der Waals surface area contributed by atoms with Gasteiger partial charge in [0.15, 0.2) is 0 Å². The molecule has 1 amide bonds. The maximum absolute atomic E-state index is 13.1. The molecule has 2 aliphatic heterocycles. The summed E-state index contributed by atoms with van der Waals surface area (Å²) in [5.74, 6) is 0.591. The van der Waals surface area contributed by atoms with E-state index in [1.807, 2.05) is 37.6 Å². The first kappa shape index (κ1) is 28.2. The zero-order chi connectivity index (χ0) is 28.7. The highest BCUT2D eigenvalue weighted by atomic mass is 19.4. The van der Waals surface area contributed by atoms with E-state index in [0.29, 0.717) is 56.3 Å². The molecule has 2 saturated heterocycles. The van der Waals surface area contributed by atoms with Gasteiger partial charge < -0.3 is 28.9 Å². The van der Waals surface area contributed by atoms with Crippen LogP contribution in [0.25, 0.3) is 11.0 Å². The fourth-order valence-corrected chi connectivity index (χ4v) is 5.33. The lowest BCUT2D eigenvalue weighted by molar-refractivity contribution is -0.137. The van der Waals surface area contributed by atoms with Crippen molar-refractivity contribution in [3.63, 3.8) is 0 Å². The number of aromatic nitrogens is 3. The second-order valence-corrected chi connectivity index (χ2v) is 11.3. The number of likely N-dealkylation sites (tertiary alicyclic amines) is 1. The molecule has 3 atom stereocenters. The van der Waals surface area contributed by atoms with Crippen LogP contribution in [0, 0.1) is 5.92 Å². The van der Waals surface area contributed by atoms with Crippen LogP contribution in [0.5, 0.6) is 0 Å². The van der Waals surface area contributed by atoms with Gasteiger partial charge >= 0.3 is 12.3 Å². The summed E-state index contributed by atoms with van der Waals surface area (Å²) in [6.45, 7) is 7.92. The lowest BCUT2D eigenvalue weighted by Crippen LogP contribution is -2.49. The number of amides is 1. The van der Waals surface area contributed by atoms with Crippen molar-refractivity contribution in [3.8, 4) is 0 Å². The standard InChI is InChI=1S/C28H34F3N5O4/c1-27(2,3)40-26(38)35-10-8-19(23(37)15-35)14-34-11-9-21-24(34)32-17-33-25(21)36-12-13-39-16-22(36)18-4-6-20(7-5-18)28(29,30)31/h4-7,9,11,17,19,22-23,37H,8,10,12-16H2,1-3H3/t19-,22-,23+/m1/s1. The van der Waals surface area contributed by atoms with Gasteiger partial charge in [0.2, 0.25) is 0 Å². The van der Waals surface area contributed by atoms with Crippen molar-refractivity contribution in [2.45, 2.75) is 57.7 Å². The number of carbonyl (C=O) groups excluding carboxylic acids is 1. The molecule has 0 unspecified atom stereocenters. The number of nitrogens with zero attached hydrogens (tertiary/aromatic N) is 5. The number of β-amino-alcohol motifs (C(OH)–C–C–N with tert-alkyl or cyclic N) is 1. The molecule has 9 nitrogen and oxygen atoms in total. The molecule has 4 heterocycles. The van der Waals surface area contributed by atoms with Gasteiger partial charge in [0.25, 0.3) is 0 Å². The molecule has 1 aromatic carbocycles. The Morgan fingerprint density at radius 1 is 1.12 bits per heavy atom. The van der Waals surface area contributed by atoms with Gasteiger partial charge in [-0.1, -0.05) is 12.1 Å². The lowest BCUT2D eigenvalue weighted by atomic mass is 9.94. The number of aliphatic hydroxyl groups excluding tert-OH is 1. The number of aliphatic hydroxyl groups is 1. The minimum absolute atomic E-state index is 0.0871. The number of ether oxygens (including phenoxy) is 2. The number of carbonyl (C=O) groups is 1. The number of hydrogen-bond acceptors (Lipinski definition) is 7. The Balaban J connectivity index is 1.33. The molecule has 2 fully saturated rings. The molecule has 5 rings (SSSR count). The van der Waals surface area contributed by atoms with Gasteiger partial charge in [0.1, 0.15) is 23.4 Å². The smallest absolute Gasteiger partial charge is 0.416 e. The highest BCUT2D eigenvalue weighted by Gasteiger charge is 2.34. The Bertz CT molecular complexity index is 1340. The average molecular weight is 562 g/mol. The summed E-state index contributed by atoms with van der Waals surface area (Å²) >= 11 is 0. The Labute approximate surface area is 230 Å². The number of piperidine rings is 1. The number of rotatable bonds is 4. The summed E-state index contributed by atoms with van der Waals surface area (Å²) in [4.78, 5) is 25.1. The highest BCUT2D eigenvalue weighted by Crippen LogP contribution is 2.35. The van der Waals surface area contributed by atoms with Crippen LogP contribution in [-0.2, 0) is 22.2 Å². The minimum Gasteiger partial charge on any atom is -0.444 e. The summed E-state index contributed by atoms with van der Waals surface area (Å²) in [6.07, 6.45) is -1.55. The van der Waals surface area contributed by atoms with Crippen LogP contribution in [0.3, 0.4) is 0 Å². The molecular formula is C28H34F3N5O4. The second-order valence-electron chi connectivity index (χ2n) is 11.3. The van der Waals surface area contributed by atoms with E-state index in [4.69, 9.17) is 9.47 Å². The topological polar surface area (TPSA) is 93.0 Å². The van der Waals surface area contributed by atoms with Gasteiger partial charge in [-0.2, -0.15) is 13.2 Å². The van der Waals surface area contributed by atoms with Crippen molar-refractivity contribution in [2.24, 2.45) is 5.92 Å². The van der Waals surface area contributed by atoms with E-state index >= 15 is 0 Å². The normalized spacial score (nSPS) is 22.5. The van der Waals surface area contributed by atoms with Gasteiger partial charge in [-0.05, 0) is 51.0 Å². The summed E-state index contributed by atoms with van der Waals surface area (Å²) in [5, 5.41) is 11.7. The number of anilines is 1. The second kappa shape index (κ2) is 10.9. The number of halogens is 3. The van der Waals surface area contributed by atoms with E-state index in [0.717, 1.165) is 17.5 Å². The van der Waals surface area contributed by atoms with E-state index in [9.17, 15) is 23.1 Å². The van der Waals surface area contributed by atoms with E-state index in [-0.39, 0.29) is 18.5 Å². The predicted octanol–water partition coefficient (Wildman–Crippen LogP) is 4.65.